The molecule has 43 heavy (non-hydrogen) atoms. The molecule has 18 nitrogen and oxygen atoms in total. The molecular weight excluding hydrogens is 576 g/mol. The molecule has 1 aliphatic rings. The van der Waals surface area contributed by atoms with Crippen LogP contribution in [0, 0.1) is 0 Å². The topological polar surface area (TPSA) is 319 Å². The number of aliphatic carboxylic acids is 2. The molecule has 14 N–H and O–H groups in total. The summed E-state index contributed by atoms with van der Waals surface area (Å²) in [7, 11) is 0. The van der Waals surface area contributed by atoms with Crippen LogP contribution in [0.1, 0.15) is 52.9 Å². The van der Waals surface area contributed by atoms with Gasteiger partial charge in [-0.15, -0.1) is 0 Å². The van der Waals surface area contributed by atoms with Crippen molar-refractivity contribution < 1.29 is 59.0 Å². The smallest absolute Gasteiger partial charge is 0.326 e. The first-order valence-corrected chi connectivity index (χ1v) is 13.8. The number of amides is 3. The first-order valence-electron chi connectivity index (χ1n) is 13.8. The Balaban J connectivity index is 0.000000846. The largest absolute Gasteiger partial charge is 0.480 e. The zero-order valence-corrected chi connectivity index (χ0v) is 24.7. The summed E-state index contributed by atoms with van der Waals surface area (Å²) in [5.41, 5.74) is 15.6. The molecule has 0 spiro atoms. The van der Waals surface area contributed by atoms with Gasteiger partial charge < -0.3 is 68.2 Å². The number of rotatable bonds is 18. The Kier molecular flexibility index (Phi) is 19.4. The zero-order chi connectivity index (χ0) is 33.3. The van der Waals surface area contributed by atoms with Crippen molar-refractivity contribution in [3.63, 3.8) is 0 Å². The molecule has 3 amide bonds. The van der Waals surface area contributed by atoms with Crippen LogP contribution in [-0.4, -0.2) is 130 Å². The van der Waals surface area contributed by atoms with Crippen LogP contribution < -0.4 is 33.2 Å². The maximum Gasteiger partial charge on any atom is 0.326 e. The summed E-state index contributed by atoms with van der Waals surface area (Å²) >= 11 is 0. The molecule has 0 aromatic heterocycles. The van der Waals surface area contributed by atoms with Crippen LogP contribution in [-0.2, 0) is 33.4 Å². The van der Waals surface area contributed by atoms with E-state index in [-0.39, 0.29) is 19.4 Å². The lowest BCUT2D eigenvalue weighted by Gasteiger charge is -2.43. The second-order valence-corrected chi connectivity index (χ2v) is 10.1. The van der Waals surface area contributed by atoms with Crippen LogP contribution in [0.25, 0.3) is 0 Å². The minimum atomic E-state index is -1.46. The van der Waals surface area contributed by atoms with Crippen LogP contribution in [0.3, 0.4) is 0 Å². The van der Waals surface area contributed by atoms with Crippen LogP contribution >= 0.6 is 0 Å². The van der Waals surface area contributed by atoms with Crippen LogP contribution in [0.5, 0.6) is 0 Å². The van der Waals surface area contributed by atoms with E-state index < -0.39 is 91.1 Å². The first kappa shape index (κ1) is 40.0. The molecule has 1 fully saturated rings. The van der Waals surface area contributed by atoms with Gasteiger partial charge in [-0.05, 0) is 46.1 Å². The maximum absolute atomic E-state index is 11.5. The molecule has 1 unspecified atom stereocenters. The summed E-state index contributed by atoms with van der Waals surface area (Å²) in [4.78, 5) is 55.2. The molecule has 250 valence electrons. The quantitative estimate of drug-likeness (QED) is 0.0642. The van der Waals surface area contributed by atoms with Crippen molar-refractivity contribution in [1.29, 1.82) is 0 Å². The fourth-order valence-corrected chi connectivity index (χ4v) is 3.83. The predicted molar refractivity (Wildman–Crippen MR) is 150 cm³/mol. The van der Waals surface area contributed by atoms with Gasteiger partial charge in [-0.3, -0.25) is 19.2 Å². The molecule has 9 atom stereocenters. The number of ether oxygens (including phenoxy) is 2. The third-order valence-corrected chi connectivity index (χ3v) is 6.34. The lowest BCUT2D eigenvalue weighted by molar-refractivity contribution is -0.267. The fourth-order valence-electron chi connectivity index (χ4n) is 3.83. The molecule has 0 bridgehead atoms. The van der Waals surface area contributed by atoms with Gasteiger partial charge in [0.2, 0.25) is 17.7 Å². The van der Waals surface area contributed by atoms with E-state index in [1.54, 1.807) is 6.92 Å². The van der Waals surface area contributed by atoms with Gasteiger partial charge in [0.15, 0.2) is 6.29 Å². The number of primary amides is 1. The second-order valence-electron chi connectivity index (χ2n) is 10.1. The average molecular weight is 625 g/mol. The number of carbonyl (C=O) groups excluding carboxylic acids is 3. The number of carbonyl (C=O) groups is 5. The summed E-state index contributed by atoms with van der Waals surface area (Å²) < 4.78 is 10.7. The lowest BCUT2D eigenvalue weighted by atomic mass is 9.96. The number of carboxylic acids is 2. The number of nitrogens with two attached hydrogens (primary N) is 3. The minimum Gasteiger partial charge on any atom is -0.480 e. The van der Waals surface area contributed by atoms with Crippen molar-refractivity contribution in [2.75, 3.05) is 19.7 Å². The van der Waals surface area contributed by atoms with Gasteiger partial charge in [0.1, 0.15) is 36.4 Å². The third kappa shape index (κ3) is 15.9. The summed E-state index contributed by atoms with van der Waals surface area (Å²) in [6.07, 6.45) is -3.68. The van der Waals surface area contributed by atoms with E-state index in [2.05, 4.69) is 16.0 Å². The van der Waals surface area contributed by atoms with Gasteiger partial charge in [-0.1, -0.05) is 0 Å². The number of nitrogens with one attached hydrogen (secondary N) is 3. The summed E-state index contributed by atoms with van der Waals surface area (Å²) in [5, 5.41) is 54.8. The summed E-state index contributed by atoms with van der Waals surface area (Å²) in [6, 6.07) is -3.65. The van der Waals surface area contributed by atoms with Gasteiger partial charge in [0.05, 0.1) is 18.8 Å². The molecule has 1 aliphatic heterocycles. The number of hydrogen-bond acceptors (Lipinski definition) is 13. The van der Waals surface area contributed by atoms with Crippen molar-refractivity contribution >= 4 is 29.7 Å². The van der Waals surface area contributed by atoms with Gasteiger partial charge in [-0.2, -0.15) is 0 Å². The molecule has 0 aliphatic carbocycles. The first-order chi connectivity index (χ1) is 20.0. The van der Waals surface area contributed by atoms with Crippen LogP contribution in [0.4, 0.5) is 0 Å². The molecule has 1 rings (SSSR count). The van der Waals surface area contributed by atoms with E-state index in [9.17, 15) is 39.3 Å². The molecule has 0 saturated carbocycles. The van der Waals surface area contributed by atoms with Crippen molar-refractivity contribution in [3.05, 3.63) is 0 Å². The zero-order valence-electron chi connectivity index (χ0n) is 24.7. The highest BCUT2D eigenvalue weighted by atomic mass is 16.6. The number of carboxylic acid groups (broad SMARTS) is 2. The number of aliphatic hydroxyl groups is 3. The Bertz CT molecular complexity index is 897. The molecule has 1 heterocycles. The van der Waals surface area contributed by atoms with E-state index in [0.29, 0.717) is 25.8 Å². The Hall–Kier alpha value is -2.97. The summed E-state index contributed by atoms with van der Waals surface area (Å²) in [5.74, 6) is -3.71. The molecular formula is C25H48N6O12. The monoisotopic (exact) mass is 624 g/mol. The standard InChI is InChI=1S/C14H26N2O8.C11H22N4O4/c1-6(4-15-7(2)13(20)21)23-12-10(16-8(3)18)14(22)24-9(5-17)11(12)19;12-6-2-1-3-8(11(18)19)15-9(16)5-4-7(13)10(14)17/h6-7,9-12,14-15,17,19,22H,4-5H2,1-3H3,(H,16,18)(H,20,21);7-8H,1-6,12-13H2,(H2,14,17)(H,15,16)(H,18,19)/t6?,7-,9+,10+,11+,12+,14-;7-,8+/m01/s1. The van der Waals surface area contributed by atoms with E-state index in [4.69, 9.17) is 36.9 Å². The van der Waals surface area contributed by atoms with Crippen LogP contribution in [0.15, 0.2) is 0 Å². The van der Waals surface area contributed by atoms with Gasteiger partial charge in [0, 0.05) is 19.9 Å². The number of aliphatic hydroxyl groups excluding tert-OH is 3. The van der Waals surface area contributed by atoms with Crippen molar-refractivity contribution in [2.45, 2.75) is 108 Å². The highest BCUT2D eigenvalue weighted by Crippen LogP contribution is 2.23. The van der Waals surface area contributed by atoms with E-state index in [0.717, 1.165) is 0 Å². The molecule has 0 radical (unpaired) electrons. The highest BCUT2D eigenvalue weighted by molar-refractivity contribution is 5.84. The third-order valence-electron chi connectivity index (χ3n) is 6.34. The predicted octanol–water partition coefficient (Wildman–Crippen LogP) is -4.32. The van der Waals surface area contributed by atoms with Crippen molar-refractivity contribution in [2.24, 2.45) is 17.2 Å². The van der Waals surface area contributed by atoms with E-state index in [1.165, 1.54) is 13.8 Å². The maximum atomic E-state index is 11.5. The van der Waals surface area contributed by atoms with Crippen molar-refractivity contribution in [1.82, 2.24) is 16.0 Å². The fraction of sp³-hybridized carbons (Fsp3) is 0.800. The van der Waals surface area contributed by atoms with Gasteiger partial charge in [-0.25, -0.2) is 4.79 Å². The Labute approximate surface area is 249 Å². The summed E-state index contributed by atoms with van der Waals surface area (Å²) in [6.45, 7) is 4.48. The normalized spacial score (nSPS) is 24.3. The average Bonchev–Trinajstić information content (AvgIpc) is 2.93. The molecule has 0 aromatic rings. The van der Waals surface area contributed by atoms with Gasteiger partial charge in [0.25, 0.3) is 0 Å². The Morgan fingerprint density at radius 1 is 1.02 bits per heavy atom. The van der Waals surface area contributed by atoms with E-state index >= 15 is 0 Å². The molecule has 18 heteroatoms. The van der Waals surface area contributed by atoms with E-state index in [1.807, 2.05) is 0 Å². The molecule has 0 aromatic carbocycles. The SMILES string of the molecule is CC(=O)N[C@@H]1[C@@H](OC(C)CN[C@@H](C)C(=O)O)[C@H](O)[C@@H](CO)O[C@@H]1O.NCCCC[C@H](NC(=O)CC[C@@H](N)C(N)=O)C(=O)O. The number of hydrogen-bond donors (Lipinski definition) is 11. The lowest BCUT2D eigenvalue weighted by Crippen LogP contribution is -2.65. The minimum absolute atomic E-state index is 0.0369. The highest BCUT2D eigenvalue weighted by Gasteiger charge is 2.46. The van der Waals surface area contributed by atoms with Gasteiger partial charge >= 0.3 is 11.9 Å². The Morgan fingerprint density at radius 3 is 2.14 bits per heavy atom. The second kappa shape index (κ2) is 20.9. The van der Waals surface area contributed by atoms with Crippen LogP contribution in [0.2, 0.25) is 0 Å². The number of unbranched alkanes of at least 4 members (excludes halogenated alkanes) is 1. The molecule has 1 saturated heterocycles. The van der Waals surface area contributed by atoms with Crippen molar-refractivity contribution in [3.8, 4) is 0 Å². The Morgan fingerprint density at radius 2 is 1.65 bits per heavy atom.